The number of nitrogens with one attached hydrogen (secondary N) is 1. The molecule has 10 heteroatoms. The quantitative estimate of drug-likeness (QED) is 0.462. The van der Waals surface area contributed by atoms with Gasteiger partial charge in [0.05, 0.1) is 46.9 Å². The number of rotatable bonds is 3. The maximum absolute atomic E-state index is 14.4. The molecule has 0 spiro atoms. The lowest BCUT2D eigenvalue weighted by atomic mass is 9.98. The van der Waals surface area contributed by atoms with Crippen LogP contribution in [0.5, 0.6) is 0 Å². The molecule has 0 bridgehead atoms. The van der Waals surface area contributed by atoms with E-state index in [0.29, 0.717) is 29.7 Å². The summed E-state index contributed by atoms with van der Waals surface area (Å²) in [5.74, 6) is -0.537. The maximum atomic E-state index is 14.4. The largest absolute Gasteiger partial charge is 0.376 e. The summed E-state index contributed by atoms with van der Waals surface area (Å²) < 4.78 is 17.6. The van der Waals surface area contributed by atoms with E-state index < -0.39 is 6.04 Å². The van der Waals surface area contributed by atoms with E-state index in [9.17, 15) is 9.18 Å². The number of hydrogen-bond donors (Lipinski definition) is 1. The van der Waals surface area contributed by atoms with Crippen molar-refractivity contribution in [3.8, 4) is 0 Å². The number of H-pyrrole nitrogens is 1. The first-order valence-corrected chi connectivity index (χ1v) is 10.6. The Morgan fingerprint density at radius 2 is 2.09 bits per heavy atom. The van der Waals surface area contributed by atoms with Crippen molar-refractivity contribution in [1.82, 2.24) is 34.1 Å². The molecule has 1 aliphatic heterocycles. The first-order valence-electron chi connectivity index (χ1n) is 10.6. The summed E-state index contributed by atoms with van der Waals surface area (Å²) in [6, 6.07) is 7.99. The predicted molar refractivity (Wildman–Crippen MR) is 120 cm³/mol. The molecular weight excluding hydrogens is 423 g/mol. The lowest BCUT2D eigenvalue weighted by Crippen LogP contribution is -2.41. The lowest BCUT2D eigenvalue weighted by molar-refractivity contribution is 0.0689. The van der Waals surface area contributed by atoms with Gasteiger partial charge in [0.2, 0.25) is 0 Å². The van der Waals surface area contributed by atoms with Crippen LogP contribution in [0.2, 0.25) is 0 Å². The van der Waals surface area contributed by atoms with Crippen molar-refractivity contribution >= 4 is 22.6 Å². The smallest absolute Gasteiger partial charge is 0.258 e. The fourth-order valence-corrected chi connectivity index (χ4v) is 4.49. The Morgan fingerprint density at radius 3 is 2.91 bits per heavy atom. The Bertz CT molecular complexity index is 1510. The Labute approximate surface area is 188 Å². The molecule has 166 valence electrons. The minimum absolute atomic E-state index is 0.168. The van der Waals surface area contributed by atoms with Gasteiger partial charge in [-0.3, -0.25) is 4.79 Å². The zero-order chi connectivity index (χ0) is 22.7. The maximum Gasteiger partial charge on any atom is 0.258 e. The molecule has 1 atom stereocenters. The zero-order valence-corrected chi connectivity index (χ0v) is 18.1. The van der Waals surface area contributed by atoms with Gasteiger partial charge in [0.15, 0.2) is 0 Å². The molecule has 33 heavy (non-hydrogen) atoms. The second kappa shape index (κ2) is 7.16. The minimum atomic E-state index is -0.539. The summed E-state index contributed by atoms with van der Waals surface area (Å²) in [6.07, 6.45) is 7.44. The summed E-state index contributed by atoms with van der Waals surface area (Å²) in [6.45, 7) is 0.474. The van der Waals surface area contributed by atoms with Crippen LogP contribution in [-0.2, 0) is 6.42 Å². The van der Waals surface area contributed by atoms with Gasteiger partial charge in [0.1, 0.15) is 17.4 Å². The number of carbonyl (C=O) groups excluding carboxylic acids is 1. The highest BCUT2D eigenvalue weighted by Crippen LogP contribution is 2.35. The monoisotopic (exact) mass is 444 g/mol. The molecule has 0 aliphatic carbocycles. The summed E-state index contributed by atoms with van der Waals surface area (Å²) in [5.41, 5.74) is 4.80. The number of pyridine rings is 2. The topological polar surface area (TPSA) is 86.8 Å². The number of carbonyl (C=O) groups is 1. The molecule has 0 fully saturated rings. The number of fused-ring (bicyclic) bond motifs is 3. The summed E-state index contributed by atoms with van der Waals surface area (Å²) in [4.78, 5) is 25.2. The van der Waals surface area contributed by atoms with Crippen molar-refractivity contribution in [2.24, 2.45) is 0 Å². The van der Waals surface area contributed by atoms with E-state index in [1.165, 1.54) is 10.6 Å². The number of aromatic nitrogens is 6. The highest BCUT2D eigenvalue weighted by molar-refractivity contribution is 6.01. The Morgan fingerprint density at radius 1 is 1.21 bits per heavy atom. The summed E-state index contributed by atoms with van der Waals surface area (Å²) >= 11 is 0. The van der Waals surface area contributed by atoms with Gasteiger partial charge in [0.25, 0.3) is 5.91 Å². The van der Waals surface area contributed by atoms with Crippen molar-refractivity contribution in [2.75, 3.05) is 25.5 Å². The first kappa shape index (κ1) is 19.5. The predicted octanol–water partition coefficient (Wildman–Crippen LogP) is 2.70. The van der Waals surface area contributed by atoms with Gasteiger partial charge in [0, 0.05) is 39.0 Å². The third-order valence-corrected chi connectivity index (χ3v) is 6.18. The molecular formula is C23H21FN8O. The third kappa shape index (κ3) is 2.98. The average Bonchev–Trinajstić information content (AvgIpc) is 3.55. The molecule has 0 aromatic carbocycles. The van der Waals surface area contributed by atoms with Crippen LogP contribution in [0.3, 0.4) is 0 Å². The van der Waals surface area contributed by atoms with Gasteiger partial charge in [-0.05, 0) is 30.3 Å². The fourth-order valence-electron chi connectivity index (χ4n) is 4.49. The molecule has 1 aliphatic rings. The van der Waals surface area contributed by atoms with Gasteiger partial charge in [-0.25, -0.2) is 18.4 Å². The van der Waals surface area contributed by atoms with Crippen LogP contribution in [0.4, 0.5) is 10.1 Å². The SMILES string of the molecule is CN(C)c1ccc2c(C(=O)N3CCc4[nH]cnc4[C@H]3c3cc4c(F)cccn4n3)cnn2c1. The van der Waals surface area contributed by atoms with Crippen molar-refractivity contribution in [1.29, 1.82) is 0 Å². The van der Waals surface area contributed by atoms with E-state index in [4.69, 9.17) is 0 Å². The highest BCUT2D eigenvalue weighted by Gasteiger charge is 2.37. The number of imidazole rings is 1. The number of anilines is 1. The van der Waals surface area contributed by atoms with Crippen LogP contribution in [0.1, 0.15) is 33.5 Å². The van der Waals surface area contributed by atoms with Crippen molar-refractivity contribution in [2.45, 2.75) is 12.5 Å². The Kier molecular flexibility index (Phi) is 4.22. The molecule has 0 unspecified atom stereocenters. The second-order valence-electron chi connectivity index (χ2n) is 8.34. The van der Waals surface area contributed by atoms with E-state index in [1.54, 1.807) is 40.3 Å². The van der Waals surface area contributed by atoms with E-state index in [1.807, 2.05) is 37.3 Å². The third-order valence-electron chi connectivity index (χ3n) is 6.18. The Hall–Kier alpha value is -4.21. The highest BCUT2D eigenvalue weighted by atomic mass is 19.1. The van der Waals surface area contributed by atoms with Crippen LogP contribution < -0.4 is 4.90 Å². The van der Waals surface area contributed by atoms with E-state index in [0.717, 1.165) is 22.6 Å². The van der Waals surface area contributed by atoms with Gasteiger partial charge in [-0.2, -0.15) is 10.2 Å². The van der Waals surface area contributed by atoms with Gasteiger partial charge < -0.3 is 14.8 Å². The first-order chi connectivity index (χ1) is 16.0. The number of amides is 1. The van der Waals surface area contributed by atoms with Crippen molar-refractivity contribution < 1.29 is 9.18 Å². The van der Waals surface area contributed by atoms with E-state index >= 15 is 0 Å². The molecule has 0 saturated carbocycles. The molecule has 0 radical (unpaired) electrons. The number of hydrogen-bond acceptors (Lipinski definition) is 5. The van der Waals surface area contributed by atoms with Gasteiger partial charge in [-0.15, -0.1) is 0 Å². The second-order valence-corrected chi connectivity index (χ2v) is 8.34. The molecule has 1 N–H and O–H groups in total. The van der Waals surface area contributed by atoms with E-state index in [-0.39, 0.29) is 11.7 Å². The van der Waals surface area contributed by atoms with Crippen molar-refractivity contribution in [3.63, 3.8) is 0 Å². The van der Waals surface area contributed by atoms with Crippen LogP contribution in [0.25, 0.3) is 11.0 Å². The van der Waals surface area contributed by atoms with Gasteiger partial charge in [-0.1, -0.05) is 0 Å². The number of halogens is 1. The lowest BCUT2D eigenvalue weighted by Gasteiger charge is -2.33. The van der Waals surface area contributed by atoms with Crippen molar-refractivity contribution in [3.05, 3.63) is 83.7 Å². The number of aromatic amines is 1. The minimum Gasteiger partial charge on any atom is -0.376 e. The summed E-state index contributed by atoms with van der Waals surface area (Å²) in [5, 5.41) is 8.99. The number of nitrogens with zero attached hydrogens (tertiary/aromatic N) is 7. The zero-order valence-electron chi connectivity index (χ0n) is 18.1. The molecule has 5 aromatic rings. The standard InChI is InChI=1S/C23H21FN8O/c1-29(2)14-5-6-19-15(11-27-32(19)12-14)23(33)30-9-7-17-21(26-13-25-17)22(30)18-10-20-16(24)4-3-8-31(20)28-18/h3-6,8,10-13,22H,7,9H2,1-2H3,(H,25,26)/t22-/m1/s1. The van der Waals surface area contributed by atoms with Crippen LogP contribution in [0, 0.1) is 5.82 Å². The van der Waals surface area contributed by atoms with Gasteiger partial charge >= 0.3 is 0 Å². The molecule has 5 aromatic heterocycles. The van der Waals surface area contributed by atoms with E-state index in [2.05, 4.69) is 20.2 Å². The molecule has 6 rings (SSSR count). The van der Waals surface area contributed by atoms with Crippen LogP contribution in [0.15, 0.2) is 55.2 Å². The van der Waals surface area contributed by atoms with Crippen LogP contribution in [-0.4, -0.2) is 60.6 Å². The normalized spacial score (nSPS) is 15.8. The molecule has 9 nitrogen and oxygen atoms in total. The fraction of sp³-hybridized carbons (Fsp3) is 0.217. The Balaban J connectivity index is 1.46. The molecule has 6 heterocycles. The molecule has 0 saturated heterocycles. The molecule has 1 amide bonds. The average molecular weight is 444 g/mol. The summed E-state index contributed by atoms with van der Waals surface area (Å²) in [7, 11) is 3.91. The van der Waals surface area contributed by atoms with Crippen LogP contribution >= 0.6 is 0 Å².